The zero-order valence-electron chi connectivity index (χ0n) is 15.6. The monoisotopic (exact) mass is 347 g/mol. The van der Waals surface area contributed by atoms with Crippen LogP contribution in [0.3, 0.4) is 0 Å². The van der Waals surface area contributed by atoms with Gasteiger partial charge in [0.2, 0.25) is 5.56 Å². The van der Waals surface area contributed by atoms with Gasteiger partial charge in [0.15, 0.2) is 8.32 Å². The molecule has 5 heteroatoms. The summed E-state index contributed by atoms with van der Waals surface area (Å²) in [6, 6.07) is 6.84. The van der Waals surface area contributed by atoms with Crippen LogP contribution in [0.5, 0.6) is 5.75 Å². The second kappa shape index (κ2) is 6.73. The number of aromatic amines is 1. The number of benzene rings is 1. The molecule has 2 N–H and O–H groups in total. The summed E-state index contributed by atoms with van der Waals surface area (Å²) in [7, 11) is -1.93. The van der Waals surface area contributed by atoms with Crippen LogP contribution in [0.2, 0.25) is 18.1 Å². The number of hydrogen-bond acceptors (Lipinski definition) is 3. The van der Waals surface area contributed by atoms with E-state index < -0.39 is 8.32 Å². The SMILES string of the molecule is CCC[C@H](O[Si](C)(C)C(C)(C)C)c1ccc(O)c2[nH]c(=O)ccc12. The van der Waals surface area contributed by atoms with Crippen molar-refractivity contribution in [2.24, 2.45) is 0 Å². The van der Waals surface area contributed by atoms with Crippen molar-refractivity contribution in [3.63, 3.8) is 0 Å². The maximum Gasteiger partial charge on any atom is 0.248 e. The fourth-order valence-electron chi connectivity index (χ4n) is 2.61. The summed E-state index contributed by atoms with van der Waals surface area (Å²) in [5.41, 5.74) is 1.30. The highest BCUT2D eigenvalue weighted by Crippen LogP contribution is 2.42. The van der Waals surface area contributed by atoms with Crippen molar-refractivity contribution in [1.82, 2.24) is 4.98 Å². The smallest absolute Gasteiger partial charge is 0.248 e. The Bertz CT molecular complexity index is 774. The van der Waals surface area contributed by atoms with Crippen LogP contribution in [-0.4, -0.2) is 18.4 Å². The third kappa shape index (κ3) is 3.73. The highest BCUT2D eigenvalue weighted by molar-refractivity contribution is 6.74. The summed E-state index contributed by atoms with van der Waals surface area (Å²) >= 11 is 0. The molecule has 0 saturated carbocycles. The van der Waals surface area contributed by atoms with Crippen molar-refractivity contribution in [3.8, 4) is 5.75 Å². The molecule has 0 aliphatic carbocycles. The molecule has 0 aliphatic heterocycles. The molecule has 0 radical (unpaired) electrons. The first-order chi connectivity index (χ1) is 11.1. The molecule has 1 atom stereocenters. The number of aromatic hydroxyl groups is 1. The van der Waals surface area contributed by atoms with Crippen LogP contribution in [0.15, 0.2) is 29.1 Å². The maximum absolute atomic E-state index is 11.6. The van der Waals surface area contributed by atoms with Crippen molar-refractivity contribution in [2.75, 3.05) is 0 Å². The highest BCUT2D eigenvalue weighted by Gasteiger charge is 2.39. The topological polar surface area (TPSA) is 62.3 Å². The van der Waals surface area contributed by atoms with Crippen molar-refractivity contribution >= 4 is 19.2 Å². The zero-order chi connectivity index (χ0) is 18.1. The second-order valence-corrected chi connectivity index (χ2v) is 12.7. The number of rotatable bonds is 5. The minimum atomic E-state index is -1.93. The van der Waals surface area contributed by atoms with Gasteiger partial charge >= 0.3 is 0 Å². The molecule has 24 heavy (non-hydrogen) atoms. The average molecular weight is 348 g/mol. The first-order valence-corrected chi connectivity index (χ1v) is 11.5. The molecular weight excluding hydrogens is 318 g/mol. The summed E-state index contributed by atoms with van der Waals surface area (Å²) in [4.78, 5) is 14.4. The Morgan fingerprint density at radius 1 is 1.21 bits per heavy atom. The zero-order valence-corrected chi connectivity index (χ0v) is 16.6. The molecule has 0 bridgehead atoms. The lowest BCUT2D eigenvalue weighted by atomic mass is 10.00. The first kappa shape index (κ1) is 18.7. The van der Waals surface area contributed by atoms with Crippen molar-refractivity contribution < 1.29 is 9.53 Å². The van der Waals surface area contributed by atoms with Crippen molar-refractivity contribution in [1.29, 1.82) is 0 Å². The normalized spacial score (nSPS) is 14.1. The van der Waals surface area contributed by atoms with Crippen molar-refractivity contribution in [3.05, 3.63) is 40.2 Å². The van der Waals surface area contributed by atoms with Crippen LogP contribution in [0.25, 0.3) is 10.9 Å². The van der Waals surface area contributed by atoms with Crippen LogP contribution >= 0.6 is 0 Å². The molecule has 2 rings (SSSR count). The largest absolute Gasteiger partial charge is 0.506 e. The van der Waals surface area contributed by atoms with E-state index in [-0.39, 0.29) is 22.5 Å². The highest BCUT2D eigenvalue weighted by atomic mass is 28.4. The predicted molar refractivity (Wildman–Crippen MR) is 102 cm³/mol. The van der Waals surface area contributed by atoms with Gasteiger partial charge in [0, 0.05) is 11.5 Å². The van der Waals surface area contributed by atoms with Gasteiger partial charge in [0.1, 0.15) is 5.75 Å². The summed E-state index contributed by atoms with van der Waals surface area (Å²) in [5.74, 6) is 0.0917. The number of pyridine rings is 1. The quantitative estimate of drug-likeness (QED) is 0.740. The second-order valence-electron chi connectivity index (χ2n) is 7.94. The number of fused-ring (bicyclic) bond motifs is 1. The van der Waals surface area contributed by atoms with E-state index in [1.54, 1.807) is 12.1 Å². The molecule has 1 aromatic carbocycles. The van der Waals surface area contributed by atoms with E-state index in [0.29, 0.717) is 5.52 Å². The fourth-order valence-corrected chi connectivity index (χ4v) is 3.92. The molecule has 0 aliphatic rings. The van der Waals surface area contributed by atoms with E-state index in [1.807, 2.05) is 6.07 Å². The number of H-pyrrole nitrogens is 1. The molecule has 0 fully saturated rings. The van der Waals surface area contributed by atoms with Crippen LogP contribution < -0.4 is 5.56 Å². The Morgan fingerprint density at radius 2 is 1.88 bits per heavy atom. The Labute approximate surface area is 145 Å². The van der Waals surface area contributed by atoms with Gasteiger partial charge in [-0.05, 0) is 42.2 Å². The molecule has 2 aromatic rings. The van der Waals surface area contributed by atoms with Crippen LogP contribution in [0.4, 0.5) is 0 Å². The van der Waals surface area contributed by atoms with E-state index in [4.69, 9.17) is 4.43 Å². The van der Waals surface area contributed by atoms with Gasteiger partial charge in [-0.25, -0.2) is 0 Å². The molecule has 4 nitrogen and oxygen atoms in total. The molecule has 1 aromatic heterocycles. The van der Waals surface area contributed by atoms with Crippen LogP contribution in [0, 0.1) is 0 Å². The third-order valence-electron chi connectivity index (χ3n) is 5.05. The lowest BCUT2D eigenvalue weighted by molar-refractivity contribution is 0.174. The van der Waals surface area contributed by atoms with Gasteiger partial charge in [-0.15, -0.1) is 0 Å². The predicted octanol–water partition coefficient (Wildman–Crippen LogP) is 5.10. The van der Waals surface area contributed by atoms with Gasteiger partial charge in [-0.2, -0.15) is 0 Å². The molecule has 0 unspecified atom stereocenters. The maximum atomic E-state index is 11.6. The third-order valence-corrected chi connectivity index (χ3v) is 9.53. The van der Waals surface area contributed by atoms with Gasteiger partial charge in [0.25, 0.3) is 0 Å². The Morgan fingerprint density at radius 3 is 2.46 bits per heavy atom. The van der Waals surface area contributed by atoms with E-state index in [0.717, 1.165) is 23.8 Å². The van der Waals surface area contributed by atoms with E-state index in [1.165, 1.54) is 6.07 Å². The number of phenolic OH excluding ortho intramolecular Hbond substituents is 1. The van der Waals surface area contributed by atoms with Gasteiger partial charge in [-0.1, -0.05) is 40.2 Å². The molecule has 0 spiro atoms. The molecular formula is C19H29NO3Si. The van der Waals surface area contributed by atoms with E-state index in [2.05, 4.69) is 45.8 Å². The Hall–Kier alpha value is -1.59. The fraction of sp³-hybridized carbons (Fsp3) is 0.526. The average Bonchev–Trinajstić information content (AvgIpc) is 2.46. The number of aromatic nitrogens is 1. The minimum absolute atomic E-state index is 0.0371. The molecule has 0 amide bonds. The van der Waals surface area contributed by atoms with E-state index in [9.17, 15) is 9.90 Å². The van der Waals surface area contributed by atoms with Gasteiger partial charge in [0.05, 0.1) is 11.6 Å². The van der Waals surface area contributed by atoms with Crippen LogP contribution in [-0.2, 0) is 4.43 Å². The first-order valence-electron chi connectivity index (χ1n) is 8.59. The Kier molecular flexibility index (Phi) is 5.25. The lowest BCUT2D eigenvalue weighted by Crippen LogP contribution is -2.41. The van der Waals surface area contributed by atoms with Gasteiger partial charge < -0.3 is 14.5 Å². The number of phenols is 1. The van der Waals surface area contributed by atoms with Crippen LogP contribution in [0.1, 0.15) is 52.2 Å². The Balaban J connectivity index is 2.55. The summed E-state index contributed by atoms with van der Waals surface area (Å²) in [6.07, 6.45) is 1.88. The summed E-state index contributed by atoms with van der Waals surface area (Å²) < 4.78 is 6.67. The molecule has 1 heterocycles. The van der Waals surface area contributed by atoms with Gasteiger partial charge in [-0.3, -0.25) is 4.79 Å². The summed E-state index contributed by atoms with van der Waals surface area (Å²) in [5, 5.41) is 11.1. The van der Waals surface area contributed by atoms with Crippen molar-refractivity contribution in [2.45, 2.75) is 64.8 Å². The minimum Gasteiger partial charge on any atom is -0.506 e. The summed E-state index contributed by atoms with van der Waals surface area (Å²) in [6.45, 7) is 13.3. The lowest BCUT2D eigenvalue weighted by Gasteiger charge is -2.39. The standard InChI is InChI=1S/C19H29NO3Si/c1-7-8-16(23-24(5,6)19(2,3)4)13-9-11-15(21)18-14(13)10-12-17(22)20-18/h9-12,16,21H,7-8H2,1-6H3,(H,20,22)/t16-/m0/s1. The van der Waals surface area contributed by atoms with E-state index >= 15 is 0 Å². The number of hydrogen-bond donors (Lipinski definition) is 2. The number of nitrogens with one attached hydrogen (secondary N) is 1. The molecule has 0 saturated heterocycles. The molecule has 132 valence electrons.